The third-order valence-corrected chi connectivity index (χ3v) is 5.55. The molecule has 0 saturated carbocycles. The highest BCUT2D eigenvalue weighted by atomic mass is 19.1. The lowest BCUT2D eigenvalue weighted by Gasteiger charge is -2.31. The van der Waals surface area contributed by atoms with Crippen LogP contribution in [-0.2, 0) is 0 Å². The average Bonchev–Trinajstić information content (AvgIpc) is 3.49. The molecule has 2 aromatic carbocycles. The van der Waals surface area contributed by atoms with Crippen LogP contribution in [0, 0.1) is 5.82 Å². The van der Waals surface area contributed by atoms with Crippen molar-refractivity contribution in [1.29, 1.82) is 0 Å². The second-order valence-corrected chi connectivity index (χ2v) is 7.42. The fraction of sp³-hybridized carbons (Fsp3) is 0.136. The maximum atomic E-state index is 14.6. The van der Waals surface area contributed by atoms with Crippen molar-refractivity contribution >= 4 is 33.8 Å². The number of fused-ring (bicyclic) bond motifs is 2. The van der Waals surface area contributed by atoms with Crippen molar-refractivity contribution < 1.29 is 4.39 Å². The smallest absolute Gasteiger partial charge is 0.270 e. The highest BCUT2D eigenvalue weighted by molar-refractivity contribution is 5.84. The first kappa shape index (κ1) is 18.4. The Morgan fingerprint density at radius 3 is 2.66 bits per heavy atom. The van der Waals surface area contributed by atoms with Gasteiger partial charge in [-0.1, -0.05) is 24.3 Å². The number of H-pyrrole nitrogens is 1. The molecule has 0 atom stereocenters. The first-order chi connectivity index (χ1) is 15.7. The lowest BCUT2D eigenvalue weighted by atomic mass is 10.2. The molecule has 158 valence electrons. The van der Waals surface area contributed by atoms with Crippen molar-refractivity contribution in [3.8, 4) is 5.69 Å². The van der Waals surface area contributed by atoms with Crippen LogP contribution >= 0.6 is 0 Å². The van der Waals surface area contributed by atoms with Crippen molar-refractivity contribution in [1.82, 2.24) is 29.5 Å². The van der Waals surface area contributed by atoms with Gasteiger partial charge in [0.1, 0.15) is 23.0 Å². The zero-order chi connectivity index (χ0) is 21.7. The first-order valence-electron chi connectivity index (χ1n) is 10.2. The predicted molar refractivity (Wildman–Crippen MR) is 118 cm³/mol. The van der Waals surface area contributed by atoms with Gasteiger partial charge in [0.2, 0.25) is 5.95 Å². The molecular weight excluding hydrogens is 411 g/mol. The van der Waals surface area contributed by atoms with Gasteiger partial charge >= 0.3 is 0 Å². The van der Waals surface area contributed by atoms with E-state index in [-0.39, 0.29) is 5.39 Å². The maximum absolute atomic E-state index is 14.6. The average molecular weight is 428 g/mol. The van der Waals surface area contributed by atoms with Gasteiger partial charge in [0, 0.05) is 13.1 Å². The van der Waals surface area contributed by atoms with Gasteiger partial charge in [-0.15, -0.1) is 0 Å². The van der Waals surface area contributed by atoms with E-state index in [0.29, 0.717) is 47.2 Å². The Hall–Kier alpha value is -4.34. The molecule has 1 N–H and O–H groups in total. The number of hydrazine groups is 1. The molecule has 32 heavy (non-hydrogen) atoms. The molecule has 0 bridgehead atoms. The van der Waals surface area contributed by atoms with Crippen LogP contribution in [0.15, 0.2) is 66.0 Å². The second-order valence-electron chi connectivity index (χ2n) is 7.42. The molecule has 0 radical (unpaired) electrons. The van der Waals surface area contributed by atoms with Crippen LogP contribution in [0.4, 0.5) is 16.2 Å². The van der Waals surface area contributed by atoms with Gasteiger partial charge < -0.3 is 4.98 Å². The van der Waals surface area contributed by atoms with E-state index in [1.54, 1.807) is 30.6 Å². The molecule has 0 amide bonds. The third kappa shape index (κ3) is 2.73. The summed E-state index contributed by atoms with van der Waals surface area (Å²) in [6.07, 6.45) is 3.86. The molecular formula is C22H17FN8O. The molecule has 1 fully saturated rings. The molecule has 4 heterocycles. The van der Waals surface area contributed by atoms with Crippen molar-refractivity contribution in [3.05, 3.63) is 77.4 Å². The summed E-state index contributed by atoms with van der Waals surface area (Å²) in [6, 6.07) is 13.6. The second kappa shape index (κ2) is 7.12. The SMILES string of the molecule is O=c1c2c(F)cccc2nc(N2CCCN2c2ncnc3nc[nH]c23)n1-c1ccccc1. The van der Waals surface area contributed by atoms with Crippen LogP contribution in [0.5, 0.6) is 0 Å². The van der Waals surface area contributed by atoms with Crippen LogP contribution in [0.25, 0.3) is 27.8 Å². The molecule has 0 spiro atoms. The number of halogens is 1. The van der Waals surface area contributed by atoms with Gasteiger partial charge in [-0.2, -0.15) is 0 Å². The monoisotopic (exact) mass is 428 g/mol. The van der Waals surface area contributed by atoms with Gasteiger partial charge in [-0.3, -0.25) is 14.8 Å². The summed E-state index contributed by atoms with van der Waals surface area (Å²) in [6.45, 7) is 1.27. The lowest BCUT2D eigenvalue weighted by molar-refractivity contribution is 0.637. The van der Waals surface area contributed by atoms with Crippen molar-refractivity contribution in [2.45, 2.75) is 6.42 Å². The van der Waals surface area contributed by atoms with E-state index in [4.69, 9.17) is 4.98 Å². The van der Waals surface area contributed by atoms with E-state index in [2.05, 4.69) is 19.9 Å². The van der Waals surface area contributed by atoms with Gasteiger partial charge in [0.15, 0.2) is 11.5 Å². The Kier molecular flexibility index (Phi) is 4.10. The topological polar surface area (TPSA) is 95.8 Å². The number of hydrogen-bond acceptors (Lipinski definition) is 7. The van der Waals surface area contributed by atoms with Crippen LogP contribution in [0.2, 0.25) is 0 Å². The molecule has 1 aliphatic rings. The Labute approximate surface area is 180 Å². The number of benzene rings is 2. The normalized spacial score (nSPS) is 14.0. The van der Waals surface area contributed by atoms with E-state index < -0.39 is 11.4 Å². The van der Waals surface area contributed by atoms with Crippen LogP contribution in [-0.4, -0.2) is 42.6 Å². The molecule has 0 aliphatic carbocycles. The summed E-state index contributed by atoms with van der Waals surface area (Å²) in [5.41, 5.74) is 1.69. The Balaban J connectivity index is 1.61. The van der Waals surface area contributed by atoms with Crippen LogP contribution in [0.3, 0.4) is 0 Å². The van der Waals surface area contributed by atoms with Crippen molar-refractivity contribution in [3.63, 3.8) is 0 Å². The number of nitrogens with zero attached hydrogens (tertiary/aromatic N) is 7. The molecule has 9 nitrogen and oxygen atoms in total. The highest BCUT2D eigenvalue weighted by Crippen LogP contribution is 2.30. The summed E-state index contributed by atoms with van der Waals surface area (Å²) >= 11 is 0. The Morgan fingerprint density at radius 1 is 0.938 bits per heavy atom. The van der Waals surface area contributed by atoms with E-state index in [1.165, 1.54) is 17.0 Å². The number of rotatable bonds is 3. The van der Waals surface area contributed by atoms with Crippen molar-refractivity contribution in [2.75, 3.05) is 23.1 Å². The Bertz CT molecular complexity index is 1510. The molecule has 1 saturated heterocycles. The summed E-state index contributed by atoms with van der Waals surface area (Å²) in [7, 11) is 0. The maximum Gasteiger partial charge on any atom is 0.270 e. The van der Waals surface area contributed by atoms with E-state index in [1.807, 2.05) is 28.2 Å². The van der Waals surface area contributed by atoms with E-state index >= 15 is 0 Å². The highest BCUT2D eigenvalue weighted by Gasteiger charge is 2.30. The van der Waals surface area contributed by atoms with E-state index in [0.717, 1.165) is 6.42 Å². The molecule has 5 aromatic rings. The Morgan fingerprint density at radius 2 is 1.78 bits per heavy atom. The van der Waals surface area contributed by atoms with Gasteiger partial charge in [0.25, 0.3) is 5.56 Å². The summed E-state index contributed by atoms with van der Waals surface area (Å²) in [5.74, 6) is 0.436. The number of aromatic nitrogens is 6. The first-order valence-corrected chi connectivity index (χ1v) is 10.2. The number of anilines is 2. The quantitative estimate of drug-likeness (QED) is 0.472. The van der Waals surface area contributed by atoms with Crippen LogP contribution in [0.1, 0.15) is 6.42 Å². The number of para-hydroxylation sites is 1. The zero-order valence-electron chi connectivity index (χ0n) is 16.8. The minimum absolute atomic E-state index is 0.0381. The molecule has 10 heteroatoms. The van der Waals surface area contributed by atoms with Crippen molar-refractivity contribution in [2.24, 2.45) is 0 Å². The fourth-order valence-corrected chi connectivity index (χ4v) is 4.15. The molecule has 1 aliphatic heterocycles. The minimum Gasteiger partial charge on any atom is -0.340 e. The summed E-state index contributed by atoms with van der Waals surface area (Å²) in [5, 5.41) is 3.82. The molecule has 0 unspecified atom stereocenters. The van der Waals surface area contributed by atoms with Crippen LogP contribution < -0.4 is 15.6 Å². The third-order valence-electron chi connectivity index (χ3n) is 5.55. The number of hydrogen-bond donors (Lipinski definition) is 1. The van der Waals surface area contributed by atoms with Gasteiger partial charge in [-0.05, 0) is 30.7 Å². The number of aromatic amines is 1. The van der Waals surface area contributed by atoms with Gasteiger partial charge in [0.05, 0.1) is 17.5 Å². The summed E-state index contributed by atoms with van der Waals surface area (Å²) in [4.78, 5) is 34.2. The summed E-state index contributed by atoms with van der Waals surface area (Å²) < 4.78 is 16.1. The molecule has 3 aromatic heterocycles. The largest absolute Gasteiger partial charge is 0.340 e. The molecule has 6 rings (SSSR count). The standard InChI is InChI=1S/C22H17FN8O/c23-15-8-4-9-16-17(15)21(32)31(14-6-2-1-3-7-14)22(28-16)30-11-5-10-29(30)20-18-19(25-12-24-18)26-13-27-20/h1-4,6-9,12-13H,5,10-11H2,(H,24,25,26,27). The number of imidazole rings is 1. The minimum atomic E-state index is -0.593. The number of nitrogens with one attached hydrogen (secondary N) is 1. The fourth-order valence-electron chi connectivity index (χ4n) is 4.15. The lowest BCUT2D eigenvalue weighted by Crippen LogP contribution is -2.41. The van der Waals surface area contributed by atoms with Gasteiger partial charge in [-0.25, -0.2) is 28.9 Å². The zero-order valence-corrected chi connectivity index (χ0v) is 16.8. The van der Waals surface area contributed by atoms with E-state index in [9.17, 15) is 9.18 Å². The predicted octanol–water partition coefficient (Wildman–Crippen LogP) is 2.82.